The molecule has 2 atom stereocenters. The van der Waals surface area contributed by atoms with Crippen LogP contribution in [0.3, 0.4) is 0 Å². The number of amides is 1. The molecule has 2 N–H and O–H groups in total. The Morgan fingerprint density at radius 2 is 2.42 bits per heavy atom. The van der Waals surface area contributed by atoms with Crippen LogP contribution in [-0.2, 0) is 4.74 Å². The summed E-state index contributed by atoms with van der Waals surface area (Å²) in [5, 5.41) is 10.9. The van der Waals surface area contributed by atoms with E-state index < -0.39 is 6.09 Å². The third-order valence-electron chi connectivity index (χ3n) is 2.11. The fourth-order valence-electron chi connectivity index (χ4n) is 1.63. The van der Waals surface area contributed by atoms with Crippen LogP contribution in [0.15, 0.2) is 0 Å². The van der Waals surface area contributed by atoms with Crippen LogP contribution in [0.2, 0.25) is 0 Å². The van der Waals surface area contributed by atoms with Crippen molar-refractivity contribution in [3.8, 4) is 0 Å². The van der Waals surface area contributed by atoms with Crippen LogP contribution >= 0.6 is 0 Å². The van der Waals surface area contributed by atoms with Crippen molar-refractivity contribution < 1.29 is 14.6 Å². The van der Waals surface area contributed by atoms with Crippen LogP contribution in [-0.4, -0.2) is 30.0 Å². The van der Waals surface area contributed by atoms with Gasteiger partial charge in [-0.15, -0.1) is 0 Å². The summed E-state index contributed by atoms with van der Waals surface area (Å²) in [7, 11) is 0. The molecule has 2 unspecified atom stereocenters. The molecule has 0 saturated heterocycles. The van der Waals surface area contributed by atoms with Crippen molar-refractivity contribution in [1.82, 2.24) is 5.32 Å². The molecule has 0 aliphatic heterocycles. The molecule has 0 spiro atoms. The molecule has 0 heterocycles. The number of carboxylic acid groups (broad SMARTS) is 1. The molecule has 1 saturated carbocycles. The Kier molecular flexibility index (Phi) is 3.34. The maximum Gasteiger partial charge on any atom is 0.404 e. The second kappa shape index (κ2) is 4.30. The minimum Gasteiger partial charge on any atom is -0.465 e. The third kappa shape index (κ3) is 2.70. The summed E-state index contributed by atoms with van der Waals surface area (Å²) in [6.07, 6.45) is 2.01. The highest BCUT2D eigenvalue weighted by Crippen LogP contribution is 2.21. The Hall–Kier alpha value is -0.770. The highest BCUT2D eigenvalue weighted by atomic mass is 16.5. The molecule has 1 amide bonds. The molecular weight excluding hydrogens is 158 g/mol. The van der Waals surface area contributed by atoms with Gasteiger partial charge in [0.05, 0.1) is 6.10 Å². The van der Waals surface area contributed by atoms with Gasteiger partial charge in [0, 0.05) is 12.6 Å². The molecule has 1 fully saturated rings. The lowest BCUT2D eigenvalue weighted by Crippen LogP contribution is -2.31. The maximum absolute atomic E-state index is 10.3. The zero-order valence-corrected chi connectivity index (χ0v) is 7.25. The third-order valence-corrected chi connectivity index (χ3v) is 2.11. The molecule has 0 radical (unpaired) electrons. The van der Waals surface area contributed by atoms with E-state index in [1.165, 1.54) is 0 Å². The number of ether oxygens (including phenoxy) is 1. The predicted molar refractivity (Wildman–Crippen MR) is 44.2 cm³/mol. The monoisotopic (exact) mass is 173 g/mol. The molecular formula is C8H15NO3. The van der Waals surface area contributed by atoms with Crippen molar-refractivity contribution in [1.29, 1.82) is 0 Å². The number of hydrogen-bond acceptors (Lipinski definition) is 2. The first-order chi connectivity index (χ1) is 5.72. The highest BCUT2D eigenvalue weighted by molar-refractivity contribution is 5.64. The van der Waals surface area contributed by atoms with Gasteiger partial charge in [0.1, 0.15) is 0 Å². The Bertz CT molecular complexity index is 160. The molecule has 1 aliphatic rings. The Morgan fingerprint density at radius 3 is 3.00 bits per heavy atom. The average molecular weight is 173 g/mol. The van der Waals surface area contributed by atoms with Crippen molar-refractivity contribution in [2.24, 2.45) is 0 Å². The van der Waals surface area contributed by atoms with Gasteiger partial charge >= 0.3 is 6.09 Å². The SMILES string of the molecule is CCOC1CCC(NC(=O)O)C1. The van der Waals surface area contributed by atoms with E-state index in [0.717, 1.165) is 19.3 Å². The van der Waals surface area contributed by atoms with Crippen molar-refractivity contribution in [3.63, 3.8) is 0 Å². The van der Waals surface area contributed by atoms with Gasteiger partial charge in [-0.3, -0.25) is 0 Å². The predicted octanol–water partition coefficient (Wildman–Crippen LogP) is 1.21. The van der Waals surface area contributed by atoms with E-state index in [2.05, 4.69) is 5.32 Å². The van der Waals surface area contributed by atoms with Crippen LogP contribution in [0.1, 0.15) is 26.2 Å². The normalized spacial score (nSPS) is 28.8. The summed E-state index contributed by atoms with van der Waals surface area (Å²) in [6.45, 7) is 2.67. The van der Waals surface area contributed by atoms with Crippen molar-refractivity contribution in [2.75, 3.05) is 6.61 Å². The van der Waals surface area contributed by atoms with Crippen molar-refractivity contribution in [2.45, 2.75) is 38.3 Å². The molecule has 4 nitrogen and oxygen atoms in total. The van der Waals surface area contributed by atoms with E-state index in [1.54, 1.807) is 0 Å². The Balaban J connectivity index is 2.21. The van der Waals surface area contributed by atoms with Gasteiger partial charge in [0.15, 0.2) is 0 Å². The summed E-state index contributed by atoms with van der Waals surface area (Å²) < 4.78 is 5.38. The standard InChI is InChI=1S/C8H15NO3/c1-2-12-7-4-3-6(5-7)9-8(10)11/h6-7,9H,2-5H2,1H3,(H,10,11). The van der Waals surface area contributed by atoms with E-state index >= 15 is 0 Å². The minimum atomic E-state index is -0.933. The molecule has 1 rings (SSSR count). The number of nitrogens with one attached hydrogen (secondary N) is 1. The zero-order chi connectivity index (χ0) is 8.97. The van der Waals surface area contributed by atoms with Gasteiger partial charge in [-0.25, -0.2) is 4.79 Å². The van der Waals surface area contributed by atoms with E-state index in [0.29, 0.717) is 6.61 Å². The molecule has 4 heteroatoms. The van der Waals surface area contributed by atoms with Crippen LogP contribution in [0.4, 0.5) is 4.79 Å². The average Bonchev–Trinajstić information content (AvgIpc) is 2.36. The minimum absolute atomic E-state index is 0.0963. The summed E-state index contributed by atoms with van der Waals surface area (Å²) in [4.78, 5) is 10.3. The number of rotatable bonds is 3. The summed E-state index contributed by atoms with van der Waals surface area (Å²) in [6, 6.07) is 0.0963. The fourth-order valence-corrected chi connectivity index (χ4v) is 1.63. The van der Waals surface area contributed by atoms with E-state index in [4.69, 9.17) is 9.84 Å². The van der Waals surface area contributed by atoms with Gasteiger partial charge in [0.25, 0.3) is 0 Å². The summed E-state index contributed by atoms with van der Waals surface area (Å²) >= 11 is 0. The van der Waals surface area contributed by atoms with Crippen LogP contribution in [0.5, 0.6) is 0 Å². The lowest BCUT2D eigenvalue weighted by molar-refractivity contribution is 0.0667. The molecule has 0 aromatic carbocycles. The zero-order valence-electron chi connectivity index (χ0n) is 7.25. The van der Waals surface area contributed by atoms with Crippen molar-refractivity contribution >= 4 is 6.09 Å². The molecule has 1 aliphatic carbocycles. The fraction of sp³-hybridized carbons (Fsp3) is 0.875. The van der Waals surface area contributed by atoms with E-state index in [1.807, 2.05) is 6.92 Å². The highest BCUT2D eigenvalue weighted by Gasteiger charge is 2.25. The number of hydrogen-bond donors (Lipinski definition) is 2. The molecule has 0 aromatic rings. The molecule has 0 bridgehead atoms. The summed E-state index contributed by atoms with van der Waals surface area (Å²) in [5.74, 6) is 0. The first-order valence-corrected chi connectivity index (χ1v) is 4.33. The topological polar surface area (TPSA) is 58.6 Å². The van der Waals surface area contributed by atoms with Gasteiger partial charge in [-0.1, -0.05) is 0 Å². The van der Waals surface area contributed by atoms with Gasteiger partial charge in [-0.05, 0) is 26.2 Å². The second-order valence-electron chi connectivity index (χ2n) is 3.04. The van der Waals surface area contributed by atoms with Gasteiger partial charge < -0.3 is 15.2 Å². The number of carbonyl (C=O) groups is 1. The lowest BCUT2D eigenvalue weighted by Gasteiger charge is -2.10. The molecule has 0 aromatic heterocycles. The molecule has 12 heavy (non-hydrogen) atoms. The van der Waals surface area contributed by atoms with Crippen molar-refractivity contribution in [3.05, 3.63) is 0 Å². The molecule has 70 valence electrons. The quantitative estimate of drug-likeness (QED) is 0.674. The van der Waals surface area contributed by atoms with Gasteiger partial charge in [-0.2, -0.15) is 0 Å². The second-order valence-corrected chi connectivity index (χ2v) is 3.04. The largest absolute Gasteiger partial charge is 0.465 e. The summed E-state index contributed by atoms with van der Waals surface area (Å²) in [5.41, 5.74) is 0. The lowest BCUT2D eigenvalue weighted by atomic mass is 10.2. The van der Waals surface area contributed by atoms with E-state index in [9.17, 15) is 4.79 Å². The van der Waals surface area contributed by atoms with Crippen LogP contribution in [0.25, 0.3) is 0 Å². The van der Waals surface area contributed by atoms with E-state index in [-0.39, 0.29) is 12.1 Å². The smallest absolute Gasteiger partial charge is 0.404 e. The Morgan fingerprint density at radius 1 is 1.67 bits per heavy atom. The first kappa shape index (κ1) is 9.32. The van der Waals surface area contributed by atoms with Crippen LogP contribution in [0, 0.1) is 0 Å². The Labute approximate surface area is 71.9 Å². The first-order valence-electron chi connectivity index (χ1n) is 4.33. The van der Waals surface area contributed by atoms with Crippen LogP contribution < -0.4 is 5.32 Å². The maximum atomic E-state index is 10.3. The van der Waals surface area contributed by atoms with Gasteiger partial charge in [0.2, 0.25) is 0 Å².